The lowest BCUT2D eigenvalue weighted by molar-refractivity contribution is 0.610. The second-order valence-corrected chi connectivity index (χ2v) is 4.48. The van der Waals surface area contributed by atoms with E-state index in [1.165, 1.54) is 6.07 Å². The maximum absolute atomic E-state index is 13.3. The molecular formula is C13H12BrFN2. The predicted molar refractivity (Wildman–Crippen MR) is 70.5 cm³/mol. The lowest BCUT2D eigenvalue weighted by atomic mass is 10.1. The Bertz CT molecular complexity index is 457. The molecule has 0 spiro atoms. The van der Waals surface area contributed by atoms with Gasteiger partial charge in [-0.05, 0) is 40.0 Å². The monoisotopic (exact) mass is 294 g/mol. The van der Waals surface area contributed by atoms with Crippen molar-refractivity contribution >= 4 is 21.6 Å². The Kier molecular flexibility index (Phi) is 4.09. The highest BCUT2D eigenvalue weighted by atomic mass is 79.9. The Morgan fingerprint density at radius 1 is 1.24 bits per heavy atom. The average Bonchev–Trinajstić information content (AvgIpc) is 2.34. The smallest absolute Gasteiger partial charge is 0.126 e. The largest absolute Gasteiger partial charge is 0.384 e. The number of hydrogen-bond acceptors (Lipinski definition) is 2. The molecule has 1 aromatic carbocycles. The fourth-order valence-corrected chi connectivity index (χ4v) is 1.94. The SMILES string of the molecule is Fc1ccccc1CCNc1ccncc1Br. The number of benzene rings is 1. The summed E-state index contributed by atoms with van der Waals surface area (Å²) in [5.41, 5.74) is 1.70. The summed E-state index contributed by atoms with van der Waals surface area (Å²) >= 11 is 3.40. The molecule has 17 heavy (non-hydrogen) atoms. The number of hydrogen-bond donors (Lipinski definition) is 1. The molecule has 0 aliphatic rings. The molecule has 1 N–H and O–H groups in total. The number of halogens is 2. The molecular weight excluding hydrogens is 283 g/mol. The summed E-state index contributed by atoms with van der Waals surface area (Å²) in [6.07, 6.45) is 4.10. The zero-order valence-electron chi connectivity index (χ0n) is 9.16. The maximum atomic E-state index is 13.3. The summed E-state index contributed by atoms with van der Waals surface area (Å²) in [6.45, 7) is 0.684. The van der Waals surface area contributed by atoms with E-state index in [1.807, 2.05) is 12.1 Å². The molecule has 88 valence electrons. The molecule has 0 bridgehead atoms. The first kappa shape index (κ1) is 12.0. The van der Waals surface area contributed by atoms with Crippen LogP contribution in [0.1, 0.15) is 5.56 Å². The summed E-state index contributed by atoms with van der Waals surface area (Å²) in [5, 5.41) is 3.24. The van der Waals surface area contributed by atoms with Crippen LogP contribution in [0.3, 0.4) is 0 Å². The minimum absolute atomic E-state index is 0.150. The van der Waals surface area contributed by atoms with E-state index in [4.69, 9.17) is 0 Å². The number of nitrogens with one attached hydrogen (secondary N) is 1. The van der Waals surface area contributed by atoms with E-state index in [0.29, 0.717) is 13.0 Å². The first-order valence-corrected chi connectivity index (χ1v) is 6.13. The highest BCUT2D eigenvalue weighted by molar-refractivity contribution is 9.10. The zero-order valence-corrected chi connectivity index (χ0v) is 10.7. The molecule has 1 aromatic heterocycles. The molecule has 1 heterocycles. The molecule has 2 nitrogen and oxygen atoms in total. The van der Waals surface area contributed by atoms with Gasteiger partial charge >= 0.3 is 0 Å². The Morgan fingerprint density at radius 2 is 2.06 bits per heavy atom. The van der Waals surface area contributed by atoms with Crippen molar-refractivity contribution < 1.29 is 4.39 Å². The van der Waals surface area contributed by atoms with Crippen LogP contribution in [-0.4, -0.2) is 11.5 Å². The quantitative estimate of drug-likeness (QED) is 0.931. The Morgan fingerprint density at radius 3 is 2.82 bits per heavy atom. The maximum Gasteiger partial charge on any atom is 0.126 e. The number of nitrogens with zero attached hydrogens (tertiary/aromatic N) is 1. The predicted octanol–water partition coefficient (Wildman–Crippen LogP) is 3.64. The molecule has 2 rings (SSSR count). The van der Waals surface area contributed by atoms with E-state index in [2.05, 4.69) is 26.2 Å². The van der Waals surface area contributed by atoms with Crippen LogP contribution >= 0.6 is 15.9 Å². The lowest BCUT2D eigenvalue weighted by Crippen LogP contribution is -2.06. The normalized spacial score (nSPS) is 10.2. The van der Waals surface area contributed by atoms with Gasteiger partial charge in [0.25, 0.3) is 0 Å². The second kappa shape index (κ2) is 5.77. The summed E-state index contributed by atoms with van der Waals surface area (Å²) in [6, 6.07) is 8.72. The first-order chi connectivity index (χ1) is 8.27. The summed E-state index contributed by atoms with van der Waals surface area (Å²) in [5.74, 6) is -0.150. The van der Waals surface area contributed by atoms with Gasteiger partial charge in [-0.1, -0.05) is 18.2 Å². The fourth-order valence-electron chi connectivity index (χ4n) is 1.55. The molecule has 0 amide bonds. The minimum Gasteiger partial charge on any atom is -0.384 e. The average molecular weight is 295 g/mol. The molecule has 0 unspecified atom stereocenters. The van der Waals surface area contributed by atoms with Crippen LogP contribution < -0.4 is 5.32 Å². The second-order valence-electron chi connectivity index (χ2n) is 3.62. The van der Waals surface area contributed by atoms with E-state index < -0.39 is 0 Å². The van der Waals surface area contributed by atoms with E-state index in [0.717, 1.165) is 15.7 Å². The van der Waals surface area contributed by atoms with E-state index in [-0.39, 0.29) is 5.82 Å². The minimum atomic E-state index is -0.150. The standard InChI is InChI=1S/C13H12BrFN2/c14-11-9-16-7-6-13(11)17-8-5-10-3-1-2-4-12(10)15/h1-4,6-7,9H,5,8H2,(H,16,17). The van der Waals surface area contributed by atoms with Gasteiger partial charge in [-0.15, -0.1) is 0 Å². The zero-order chi connectivity index (χ0) is 12.1. The van der Waals surface area contributed by atoms with Crippen LogP contribution in [0, 0.1) is 5.82 Å². The van der Waals surface area contributed by atoms with Crippen LogP contribution in [0.15, 0.2) is 47.2 Å². The van der Waals surface area contributed by atoms with Gasteiger partial charge in [-0.2, -0.15) is 0 Å². The molecule has 0 aliphatic heterocycles. The van der Waals surface area contributed by atoms with Crippen molar-refractivity contribution in [2.45, 2.75) is 6.42 Å². The van der Waals surface area contributed by atoms with Crippen LogP contribution in [0.4, 0.5) is 10.1 Å². The third-order valence-corrected chi connectivity index (χ3v) is 3.07. The van der Waals surface area contributed by atoms with Crippen LogP contribution in [0.25, 0.3) is 0 Å². The van der Waals surface area contributed by atoms with Gasteiger partial charge in [-0.25, -0.2) is 4.39 Å². The van der Waals surface area contributed by atoms with Crippen molar-refractivity contribution in [3.63, 3.8) is 0 Å². The van der Waals surface area contributed by atoms with Gasteiger partial charge in [-0.3, -0.25) is 4.98 Å². The number of anilines is 1. The molecule has 2 aromatic rings. The van der Waals surface area contributed by atoms with Gasteiger partial charge in [0.05, 0.1) is 10.2 Å². The number of aromatic nitrogens is 1. The molecule has 0 aliphatic carbocycles. The molecule has 0 atom stereocenters. The van der Waals surface area contributed by atoms with Crippen molar-refractivity contribution in [1.29, 1.82) is 0 Å². The van der Waals surface area contributed by atoms with Crippen molar-refractivity contribution in [3.05, 3.63) is 58.6 Å². The Balaban J connectivity index is 1.93. The highest BCUT2D eigenvalue weighted by Crippen LogP contribution is 2.19. The van der Waals surface area contributed by atoms with E-state index in [9.17, 15) is 4.39 Å². The van der Waals surface area contributed by atoms with Gasteiger partial charge in [0.15, 0.2) is 0 Å². The van der Waals surface area contributed by atoms with Crippen molar-refractivity contribution in [3.8, 4) is 0 Å². The van der Waals surface area contributed by atoms with E-state index >= 15 is 0 Å². The molecule has 0 saturated carbocycles. The Labute approximate surface area is 108 Å². The van der Waals surface area contributed by atoms with E-state index in [1.54, 1.807) is 24.5 Å². The fraction of sp³-hybridized carbons (Fsp3) is 0.154. The molecule has 0 radical (unpaired) electrons. The third kappa shape index (κ3) is 3.27. The molecule has 0 fully saturated rings. The number of pyridine rings is 1. The topological polar surface area (TPSA) is 24.9 Å². The summed E-state index contributed by atoms with van der Waals surface area (Å²) in [4.78, 5) is 3.98. The third-order valence-electron chi connectivity index (χ3n) is 2.44. The van der Waals surface area contributed by atoms with Gasteiger partial charge in [0, 0.05) is 18.9 Å². The van der Waals surface area contributed by atoms with Crippen LogP contribution in [0.5, 0.6) is 0 Å². The van der Waals surface area contributed by atoms with Crippen molar-refractivity contribution in [1.82, 2.24) is 4.98 Å². The summed E-state index contributed by atoms with van der Waals surface area (Å²) in [7, 11) is 0. The van der Waals surface area contributed by atoms with Gasteiger partial charge < -0.3 is 5.32 Å². The summed E-state index contributed by atoms with van der Waals surface area (Å²) < 4.78 is 14.3. The molecule has 0 saturated heterocycles. The van der Waals surface area contributed by atoms with Gasteiger partial charge in [0.1, 0.15) is 5.82 Å². The van der Waals surface area contributed by atoms with Gasteiger partial charge in [0.2, 0.25) is 0 Å². The molecule has 4 heteroatoms. The number of rotatable bonds is 4. The lowest BCUT2D eigenvalue weighted by Gasteiger charge is -2.08. The van der Waals surface area contributed by atoms with Crippen molar-refractivity contribution in [2.75, 3.05) is 11.9 Å². The first-order valence-electron chi connectivity index (χ1n) is 5.34. The Hall–Kier alpha value is -1.42. The van der Waals surface area contributed by atoms with Crippen LogP contribution in [0.2, 0.25) is 0 Å². The van der Waals surface area contributed by atoms with Crippen LogP contribution in [-0.2, 0) is 6.42 Å². The highest BCUT2D eigenvalue weighted by Gasteiger charge is 2.01. The van der Waals surface area contributed by atoms with Crippen molar-refractivity contribution in [2.24, 2.45) is 0 Å².